The van der Waals surface area contributed by atoms with Gasteiger partial charge in [0.1, 0.15) is 0 Å². The van der Waals surface area contributed by atoms with Crippen LogP contribution in [0.4, 0.5) is 0 Å². The highest BCUT2D eigenvalue weighted by Gasteiger charge is 2.09. The third kappa shape index (κ3) is 2.71. The number of hydrogen-bond donors (Lipinski definition) is 0. The van der Waals surface area contributed by atoms with E-state index in [1.165, 1.54) is 16.9 Å². The van der Waals surface area contributed by atoms with Crippen LogP contribution in [0.3, 0.4) is 0 Å². The molecule has 0 saturated carbocycles. The molecule has 1 aromatic heterocycles. The average molecular weight is 251 g/mol. The molecule has 82 valence electrons. The van der Waals surface area contributed by atoms with Gasteiger partial charge in [0, 0.05) is 6.42 Å². The van der Waals surface area contributed by atoms with Crippen LogP contribution in [0.1, 0.15) is 20.8 Å². The number of halogens is 1. The molecule has 2 rings (SSSR count). The molecular formula is C13H11ClOS. The topological polar surface area (TPSA) is 17.1 Å². The van der Waals surface area contributed by atoms with Crippen LogP contribution in [-0.4, -0.2) is 5.78 Å². The highest BCUT2D eigenvalue weighted by molar-refractivity contribution is 7.18. The molecule has 1 aromatic carbocycles. The fourth-order valence-electron chi connectivity index (χ4n) is 1.56. The van der Waals surface area contributed by atoms with Crippen molar-refractivity contribution in [2.45, 2.75) is 13.3 Å². The minimum absolute atomic E-state index is 0.127. The number of Topliss-reactive ketones (excluding diaryl/α,β-unsaturated/α-hetero) is 1. The standard InChI is InChI=1S/C13H11ClOS/c1-9-3-2-4-10(7-9)8-11(15)12-5-6-13(14)16-12/h2-7H,8H2,1H3. The summed E-state index contributed by atoms with van der Waals surface area (Å²) in [4.78, 5) is 12.6. The summed E-state index contributed by atoms with van der Waals surface area (Å²) in [5.74, 6) is 0.127. The van der Waals surface area contributed by atoms with Crippen molar-refractivity contribution in [3.8, 4) is 0 Å². The first kappa shape index (κ1) is 11.4. The number of ketones is 1. The van der Waals surface area contributed by atoms with Gasteiger partial charge in [-0.25, -0.2) is 0 Å². The Morgan fingerprint density at radius 2 is 2.12 bits per heavy atom. The molecule has 1 nitrogen and oxygen atoms in total. The molecule has 1 heterocycles. The zero-order valence-electron chi connectivity index (χ0n) is 8.87. The summed E-state index contributed by atoms with van der Waals surface area (Å²) in [6.07, 6.45) is 0.443. The molecule has 0 aliphatic rings. The fraction of sp³-hybridized carbons (Fsp3) is 0.154. The van der Waals surface area contributed by atoms with Crippen LogP contribution in [0.2, 0.25) is 4.34 Å². The Labute approximate surface area is 104 Å². The second-order valence-electron chi connectivity index (χ2n) is 3.69. The summed E-state index contributed by atoms with van der Waals surface area (Å²) >= 11 is 7.13. The first-order chi connectivity index (χ1) is 7.65. The molecule has 16 heavy (non-hydrogen) atoms. The normalized spacial score (nSPS) is 10.4. The van der Waals surface area contributed by atoms with Crippen LogP contribution in [-0.2, 0) is 6.42 Å². The van der Waals surface area contributed by atoms with E-state index in [4.69, 9.17) is 11.6 Å². The maximum absolute atomic E-state index is 11.9. The number of hydrogen-bond acceptors (Lipinski definition) is 2. The number of aryl methyl sites for hydroxylation is 1. The number of rotatable bonds is 3. The van der Waals surface area contributed by atoms with Crippen molar-refractivity contribution in [1.82, 2.24) is 0 Å². The van der Waals surface area contributed by atoms with E-state index >= 15 is 0 Å². The van der Waals surface area contributed by atoms with Crippen molar-refractivity contribution >= 4 is 28.7 Å². The monoisotopic (exact) mass is 250 g/mol. The molecule has 2 aromatic rings. The van der Waals surface area contributed by atoms with Gasteiger partial charge < -0.3 is 0 Å². The van der Waals surface area contributed by atoms with E-state index in [-0.39, 0.29) is 5.78 Å². The van der Waals surface area contributed by atoms with Crippen LogP contribution in [0.25, 0.3) is 0 Å². The van der Waals surface area contributed by atoms with Gasteiger partial charge in [0.05, 0.1) is 9.21 Å². The Hall–Kier alpha value is -1.12. The lowest BCUT2D eigenvalue weighted by Crippen LogP contribution is -2.00. The van der Waals surface area contributed by atoms with Crippen molar-refractivity contribution in [2.24, 2.45) is 0 Å². The van der Waals surface area contributed by atoms with Crippen LogP contribution < -0.4 is 0 Å². The van der Waals surface area contributed by atoms with Crippen molar-refractivity contribution in [2.75, 3.05) is 0 Å². The Morgan fingerprint density at radius 3 is 2.75 bits per heavy atom. The number of carbonyl (C=O) groups is 1. The van der Waals surface area contributed by atoms with Crippen LogP contribution in [0.5, 0.6) is 0 Å². The summed E-state index contributed by atoms with van der Waals surface area (Å²) < 4.78 is 0.660. The Kier molecular flexibility index (Phi) is 3.42. The maximum atomic E-state index is 11.9. The maximum Gasteiger partial charge on any atom is 0.177 e. The van der Waals surface area contributed by atoms with E-state index in [1.54, 1.807) is 12.1 Å². The van der Waals surface area contributed by atoms with Crippen LogP contribution in [0.15, 0.2) is 36.4 Å². The summed E-state index contributed by atoms with van der Waals surface area (Å²) in [6, 6.07) is 11.5. The lowest BCUT2D eigenvalue weighted by molar-refractivity contribution is 0.0997. The van der Waals surface area contributed by atoms with Crippen molar-refractivity contribution in [3.05, 3.63) is 56.7 Å². The van der Waals surface area contributed by atoms with Gasteiger partial charge in [-0.2, -0.15) is 0 Å². The molecule has 0 bridgehead atoms. The van der Waals surface area contributed by atoms with Gasteiger partial charge in [0.15, 0.2) is 5.78 Å². The van der Waals surface area contributed by atoms with Gasteiger partial charge in [-0.3, -0.25) is 4.79 Å². The van der Waals surface area contributed by atoms with Gasteiger partial charge >= 0.3 is 0 Å². The summed E-state index contributed by atoms with van der Waals surface area (Å²) in [5.41, 5.74) is 2.23. The fourth-order valence-corrected chi connectivity index (χ4v) is 2.54. The van der Waals surface area contributed by atoms with Gasteiger partial charge in [-0.05, 0) is 24.6 Å². The lowest BCUT2D eigenvalue weighted by Gasteiger charge is -2.00. The third-order valence-electron chi connectivity index (χ3n) is 2.30. The quantitative estimate of drug-likeness (QED) is 0.749. The van der Waals surface area contributed by atoms with Crippen molar-refractivity contribution in [3.63, 3.8) is 0 Å². The molecule has 0 radical (unpaired) electrons. The molecule has 0 saturated heterocycles. The third-order valence-corrected chi connectivity index (χ3v) is 3.57. The Bertz CT molecular complexity index is 516. The van der Waals surface area contributed by atoms with E-state index in [1.807, 2.05) is 31.2 Å². The van der Waals surface area contributed by atoms with Crippen molar-refractivity contribution < 1.29 is 4.79 Å². The smallest absolute Gasteiger partial charge is 0.177 e. The predicted molar refractivity (Wildman–Crippen MR) is 68.5 cm³/mol. The molecule has 0 unspecified atom stereocenters. The molecule has 0 fully saturated rings. The average Bonchev–Trinajstić information content (AvgIpc) is 2.65. The Balaban J connectivity index is 2.13. The van der Waals surface area contributed by atoms with Gasteiger partial charge in [0.2, 0.25) is 0 Å². The van der Waals surface area contributed by atoms with E-state index in [0.29, 0.717) is 10.8 Å². The number of carbonyl (C=O) groups excluding carboxylic acids is 1. The van der Waals surface area contributed by atoms with E-state index in [2.05, 4.69) is 0 Å². The highest BCUT2D eigenvalue weighted by atomic mass is 35.5. The number of benzene rings is 1. The van der Waals surface area contributed by atoms with Crippen LogP contribution in [0, 0.1) is 6.92 Å². The first-order valence-electron chi connectivity index (χ1n) is 4.99. The Morgan fingerprint density at radius 1 is 1.31 bits per heavy atom. The molecule has 0 atom stereocenters. The van der Waals surface area contributed by atoms with Crippen LogP contribution >= 0.6 is 22.9 Å². The minimum Gasteiger partial charge on any atom is -0.293 e. The second-order valence-corrected chi connectivity index (χ2v) is 5.41. The van der Waals surface area contributed by atoms with E-state index in [9.17, 15) is 4.79 Å². The van der Waals surface area contributed by atoms with E-state index in [0.717, 1.165) is 10.4 Å². The zero-order valence-corrected chi connectivity index (χ0v) is 10.4. The van der Waals surface area contributed by atoms with E-state index < -0.39 is 0 Å². The summed E-state index contributed by atoms with van der Waals surface area (Å²) in [5, 5.41) is 0. The first-order valence-corrected chi connectivity index (χ1v) is 6.18. The number of thiophene rings is 1. The summed E-state index contributed by atoms with van der Waals surface area (Å²) in [6.45, 7) is 2.02. The molecule has 0 aliphatic heterocycles. The second kappa shape index (κ2) is 4.81. The molecule has 3 heteroatoms. The summed E-state index contributed by atoms with van der Waals surface area (Å²) in [7, 11) is 0. The predicted octanol–water partition coefficient (Wildman–Crippen LogP) is 4.14. The van der Waals surface area contributed by atoms with Crippen molar-refractivity contribution in [1.29, 1.82) is 0 Å². The molecule has 0 N–H and O–H groups in total. The van der Waals surface area contributed by atoms with Gasteiger partial charge in [-0.1, -0.05) is 41.4 Å². The highest BCUT2D eigenvalue weighted by Crippen LogP contribution is 2.22. The lowest BCUT2D eigenvalue weighted by atomic mass is 10.1. The molecule has 0 amide bonds. The molecule has 0 aliphatic carbocycles. The largest absolute Gasteiger partial charge is 0.293 e. The zero-order chi connectivity index (χ0) is 11.5. The SMILES string of the molecule is Cc1cccc(CC(=O)c2ccc(Cl)s2)c1. The minimum atomic E-state index is 0.127. The van der Waals surface area contributed by atoms with Gasteiger partial charge in [0.25, 0.3) is 0 Å². The van der Waals surface area contributed by atoms with Gasteiger partial charge in [-0.15, -0.1) is 11.3 Å². The molecule has 0 spiro atoms. The molecular weight excluding hydrogens is 240 g/mol.